The summed E-state index contributed by atoms with van der Waals surface area (Å²) in [5.74, 6) is -0.188. The largest absolute Gasteiger partial charge is 0.452 e. The van der Waals surface area contributed by atoms with Gasteiger partial charge in [0.25, 0.3) is 0 Å². The molecular formula is C9H18N2O3. The van der Waals surface area contributed by atoms with Crippen LogP contribution in [0.25, 0.3) is 0 Å². The molecule has 0 spiro atoms. The molecule has 0 radical (unpaired) electrons. The SMILES string of the molecule is CCCCCCC(=O)NNC(=O)OC. The van der Waals surface area contributed by atoms with Gasteiger partial charge in [-0.3, -0.25) is 10.2 Å². The van der Waals surface area contributed by atoms with Crippen LogP contribution >= 0.6 is 0 Å². The number of hydrazine groups is 1. The van der Waals surface area contributed by atoms with Gasteiger partial charge in [0.15, 0.2) is 0 Å². The van der Waals surface area contributed by atoms with E-state index >= 15 is 0 Å². The average molecular weight is 202 g/mol. The number of carbonyl (C=O) groups is 2. The first-order valence-corrected chi connectivity index (χ1v) is 4.83. The third-order valence-electron chi connectivity index (χ3n) is 1.75. The van der Waals surface area contributed by atoms with Crippen LogP contribution in [0.3, 0.4) is 0 Å². The normalized spacial score (nSPS) is 9.29. The fourth-order valence-electron chi connectivity index (χ4n) is 0.947. The van der Waals surface area contributed by atoms with E-state index in [4.69, 9.17) is 0 Å². The molecule has 0 aromatic carbocycles. The molecule has 0 saturated carbocycles. The van der Waals surface area contributed by atoms with Crippen LogP contribution in [-0.2, 0) is 9.53 Å². The second-order valence-corrected chi connectivity index (χ2v) is 2.98. The molecule has 0 aliphatic carbocycles. The Hall–Kier alpha value is -1.26. The van der Waals surface area contributed by atoms with Crippen molar-refractivity contribution in [1.29, 1.82) is 0 Å². The van der Waals surface area contributed by atoms with E-state index in [0.29, 0.717) is 6.42 Å². The first-order valence-electron chi connectivity index (χ1n) is 4.83. The van der Waals surface area contributed by atoms with E-state index in [2.05, 4.69) is 22.5 Å². The number of methoxy groups -OCH3 is 1. The van der Waals surface area contributed by atoms with Crippen LogP contribution in [0.2, 0.25) is 0 Å². The summed E-state index contributed by atoms with van der Waals surface area (Å²) in [6, 6.07) is 0. The van der Waals surface area contributed by atoms with Gasteiger partial charge < -0.3 is 4.74 Å². The van der Waals surface area contributed by atoms with E-state index in [-0.39, 0.29) is 5.91 Å². The van der Waals surface area contributed by atoms with Crippen LogP contribution in [-0.4, -0.2) is 19.1 Å². The molecule has 0 aromatic rings. The second kappa shape index (κ2) is 8.34. The van der Waals surface area contributed by atoms with Crippen molar-refractivity contribution < 1.29 is 14.3 Å². The lowest BCUT2D eigenvalue weighted by molar-refractivity contribution is -0.122. The molecule has 0 fully saturated rings. The summed E-state index contributed by atoms with van der Waals surface area (Å²) in [6.45, 7) is 2.11. The predicted molar refractivity (Wildman–Crippen MR) is 52.4 cm³/mol. The molecule has 0 atom stereocenters. The molecule has 0 heterocycles. The predicted octanol–water partition coefficient (Wildman–Crippen LogP) is 1.34. The van der Waals surface area contributed by atoms with Gasteiger partial charge in [-0.05, 0) is 6.42 Å². The summed E-state index contributed by atoms with van der Waals surface area (Å²) in [4.78, 5) is 21.6. The lowest BCUT2D eigenvalue weighted by Gasteiger charge is -2.05. The third-order valence-corrected chi connectivity index (χ3v) is 1.75. The Kier molecular flexibility index (Phi) is 7.59. The Morgan fingerprint density at radius 1 is 1.14 bits per heavy atom. The Morgan fingerprint density at radius 3 is 2.43 bits per heavy atom. The highest BCUT2D eigenvalue weighted by atomic mass is 16.5. The van der Waals surface area contributed by atoms with Crippen molar-refractivity contribution in [2.75, 3.05) is 7.11 Å². The standard InChI is InChI=1S/C9H18N2O3/c1-3-4-5-6-7-8(12)10-11-9(13)14-2/h3-7H2,1-2H3,(H,10,12)(H,11,13). The minimum Gasteiger partial charge on any atom is -0.452 e. The minimum absolute atomic E-state index is 0.188. The van der Waals surface area contributed by atoms with E-state index in [1.807, 2.05) is 0 Å². The topological polar surface area (TPSA) is 67.4 Å². The van der Waals surface area contributed by atoms with Gasteiger partial charge in [0.1, 0.15) is 0 Å². The number of unbranched alkanes of at least 4 members (excludes halogenated alkanes) is 3. The maximum absolute atomic E-state index is 11.0. The Bertz CT molecular complexity index is 183. The molecule has 0 saturated heterocycles. The van der Waals surface area contributed by atoms with Crippen LogP contribution in [0.4, 0.5) is 4.79 Å². The molecule has 82 valence electrons. The van der Waals surface area contributed by atoms with Gasteiger partial charge in [0.05, 0.1) is 7.11 Å². The van der Waals surface area contributed by atoms with Crippen molar-refractivity contribution >= 4 is 12.0 Å². The number of hydrogen-bond acceptors (Lipinski definition) is 3. The third kappa shape index (κ3) is 7.39. The Balaban J connectivity index is 3.32. The van der Waals surface area contributed by atoms with Crippen LogP contribution in [0.15, 0.2) is 0 Å². The van der Waals surface area contributed by atoms with Gasteiger partial charge >= 0.3 is 6.09 Å². The average Bonchev–Trinajstić information content (AvgIpc) is 2.21. The smallest absolute Gasteiger partial charge is 0.425 e. The zero-order valence-corrected chi connectivity index (χ0v) is 8.76. The van der Waals surface area contributed by atoms with Crippen molar-refractivity contribution in [3.63, 3.8) is 0 Å². The van der Waals surface area contributed by atoms with Crippen molar-refractivity contribution in [3.8, 4) is 0 Å². The number of hydrogen-bond donors (Lipinski definition) is 2. The van der Waals surface area contributed by atoms with Gasteiger partial charge in [0, 0.05) is 6.42 Å². The number of nitrogens with one attached hydrogen (secondary N) is 2. The highest BCUT2D eigenvalue weighted by Gasteiger charge is 2.02. The molecule has 0 aliphatic heterocycles. The summed E-state index contributed by atoms with van der Waals surface area (Å²) in [7, 11) is 1.24. The molecular weight excluding hydrogens is 184 g/mol. The molecule has 0 rings (SSSR count). The van der Waals surface area contributed by atoms with Crippen LogP contribution in [0, 0.1) is 0 Å². The number of rotatable bonds is 5. The maximum atomic E-state index is 11.0. The summed E-state index contributed by atoms with van der Waals surface area (Å²) in [5.41, 5.74) is 4.36. The molecule has 14 heavy (non-hydrogen) atoms. The van der Waals surface area contributed by atoms with Gasteiger partial charge in [-0.1, -0.05) is 26.2 Å². The van der Waals surface area contributed by atoms with Gasteiger partial charge in [-0.2, -0.15) is 0 Å². The van der Waals surface area contributed by atoms with Crippen molar-refractivity contribution in [1.82, 2.24) is 10.9 Å². The van der Waals surface area contributed by atoms with E-state index in [9.17, 15) is 9.59 Å². The summed E-state index contributed by atoms with van der Waals surface area (Å²) in [5, 5.41) is 0. The monoisotopic (exact) mass is 202 g/mol. The fraction of sp³-hybridized carbons (Fsp3) is 0.778. The lowest BCUT2D eigenvalue weighted by atomic mass is 10.1. The van der Waals surface area contributed by atoms with Gasteiger partial charge in [-0.25, -0.2) is 10.2 Å². The molecule has 0 aromatic heterocycles. The highest BCUT2D eigenvalue weighted by molar-refractivity contribution is 5.78. The summed E-state index contributed by atoms with van der Waals surface area (Å²) >= 11 is 0. The highest BCUT2D eigenvalue weighted by Crippen LogP contribution is 2.01. The Labute approximate surface area is 84.2 Å². The molecule has 5 heteroatoms. The van der Waals surface area contributed by atoms with E-state index < -0.39 is 6.09 Å². The molecule has 5 nitrogen and oxygen atoms in total. The maximum Gasteiger partial charge on any atom is 0.425 e. The van der Waals surface area contributed by atoms with Crippen LogP contribution < -0.4 is 10.9 Å². The van der Waals surface area contributed by atoms with Crippen molar-refractivity contribution in [3.05, 3.63) is 0 Å². The molecule has 0 aliphatic rings. The van der Waals surface area contributed by atoms with Gasteiger partial charge in [-0.15, -0.1) is 0 Å². The van der Waals surface area contributed by atoms with Crippen molar-refractivity contribution in [2.24, 2.45) is 0 Å². The zero-order chi connectivity index (χ0) is 10.8. The van der Waals surface area contributed by atoms with Crippen LogP contribution in [0.5, 0.6) is 0 Å². The molecule has 2 amide bonds. The van der Waals surface area contributed by atoms with E-state index in [1.54, 1.807) is 0 Å². The van der Waals surface area contributed by atoms with E-state index in [1.165, 1.54) is 7.11 Å². The molecule has 2 N–H and O–H groups in total. The summed E-state index contributed by atoms with van der Waals surface area (Å²) in [6.07, 6.45) is 3.95. The van der Waals surface area contributed by atoms with Crippen molar-refractivity contribution in [2.45, 2.75) is 39.0 Å². The molecule has 0 bridgehead atoms. The number of ether oxygens (including phenoxy) is 1. The minimum atomic E-state index is -0.660. The molecule has 0 unspecified atom stereocenters. The number of amides is 2. The Morgan fingerprint density at radius 2 is 1.86 bits per heavy atom. The number of carbonyl (C=O) groups excluding carboxylic acids is 2. The first-order chi connectivity index (χ1) is 6.70. The van der Waals surface area contributed by atoms with E-state index in [0.717, 1.165) is 25.7 Å². The lowest BCUT2D eigenvalue weighted by Crippen LogP contribution is -2.41. The fourth-order valence-corrected chi connectivity index (χ4v) is 0.947. The van der Waals surface area contributed by atoms with Gasteiger partial charge in [0.2, 0.25) is 5.91 Å². The zero-order valence-electron chi connectivity index (χ0n) is 8.76. The van der Waals surface area contributed by atoms with Crippen LogP contribution in [0.1, 0.15) is 39.0 Å². The summed E-state index contributed by atoms with van der Waals surface area (Å²) < 4.78 is 4.28. The first kappa shape index (κ1) is 12.7. The quantitative estimate of drug-likeness (QED) is 0.522. The second-order valence-electron chi connectivity index (χ2n) is 2.98.